The number of aliphatic imine (C=N–C) groups is 1. The Morgan fingerprint density at radius 2 is 2.10 bits per heavy atom. The van der Waals surface area contributed by atoms with Crippen molar-refractivity contribution in [3.05, 3.63) is 28.3 Å². The van der Waals surface area contributed by atoms with Gasteiger partial charge in [-0.25, -0.2) is 0 Å². The quantitative estimate of drug-likeness (QED) is 0.237. The maximum Gasteiger partial charge on any atom is 0.311 e. The van der Waals surface area contributed by atoms with Crippen molar-refractivity contribution in [1.29, 1.82) is 0 Å². The highest BCUT2D eigenvalue weighted by molar-refractivity contribution is 8.77. The van der Waals surface area contributed by atoms with E-state index in [4.69, 9.17) is 4.74 Å². The number of carbonyl (C=O) groups excluding carboxylic acids is 1. The third-order valence-corrected chi connectivity index (χ3v) is 8.88. The molecular formula is C24H36N2O2S2. The molecule has 2 aliphatic rings. The number of aryl methyl sites for hydroxylation is 1. The zero-order valence-electron chi connectivity index (χ0n) is 19.1. The Kier molecular flexibility index (Phi) is 8.19. The second kappa shape index (κ2) is 10.4. The van der Waals surface area contributed by atoms with Crippen LogP contribution in [0.25, 0.3) is 0 Å². The number of amidine groups is 1. The first-order chi connectivity index (χ1) is 14.3. The van der Waals surface area contributed by atoms with Gasteiger partial charge in [-0.2, -0.15) is 0 Å². The number of carbonyl (C=O) groups is 1. The van der Waals surface area contributed by atoms with Crippen molar-refractivity contribution in [2.75, 3.05) is 18.8 Å². The topological polar surface area (TPSA) is 50.7 Å². The first-order valence-electron chi connectivity index (χ1n) is 11.2. The lowest BCUT2D eigenvalue weighted by molar-refractivity contribution is -0.134. The van der Waals surface area contributed by atoms with Gasteiger partial charge in [0.2, 0.25) is 0 Å². The summed E-state index contributed by atoms with van der Waals surface area (Å²) in [4.78, 5) is 17.3. The highest BCUT2D eigenvalue weighted by Crippen LogP contribution is 2.40. The molecule has 0 amide bonds. The van der Waals surface area contributed by atoms with E-state index in [1.165, 1.54) is 29.7 Å². The zero-order chi connectivity index (χ0) is 21.7. The van der Waals surface area contributed by atoms with Crippen LogP contribution in [0.3, 0.4) is 0 Å². The van der Waals surface area contributed by atoms with Gasteiger partial charge in [-0.05, 0) is 55.2 Å². The fourth-order valence-electron chi connectivity index (χ4n) is 4.07. The predicted octanol–water partition coefficient (Wildman–Crippen LogP) is 5.76. The normalized spacial score (nSPS) is 19.0. The minimum atomic E-state index is -0.108. The lowest BCUT2D eigenvalue weighted by atomic mass is 9.82. The summed E-state index contributed by atoms with van der Waals surface area (Å²) in [5.74, 6) is 2.95. The average Bonchev–Trinajstić information content (AvgIpc) is 3.37. The van der Waals surface area contributed by atoms with Crippen LogP contribution in [0.4, 0.5) is 0 Å². The second-order valence-corrected chi connectivity index (χ2v) is 12.2. The molecule has 2 aliphatic heterocycles. The molecule has 1 atom stereocenters. The van der Waals surface area contributed by atoms with E-state index in [1.54, 1.807) is 0 Å². The van der Waals surface area contributed by atoms with Gasteiger partial charge in [0.25, 0.3) is 0 Å². The fraction of sp³-hybridized carbons (Fsp3) is 0.667. The highest BCUT2D eigenvalue weighted by Gasteiger charge is 2.26. The first-order valence-corrected chi connectivity index (χ1v) is 13.5. The number of hydrogen-bond donors (Lipinski definition) is 1. The summed E-state index contributed by atoms with van der Waals surface area (Å²) in [6, 6.07) is 2.20. The van der Waals surface area contributed by atoms with Crippen molar-refractivity contribution in [2.45, 2.75) is 83.8 Å². The molecule has 0 aromatic heterocycles. The van der Waals surface area contributed by atoms with Gasteiger partial charge in [0.05, 0.1) is 6.54 Å². The Labute approximate surface area is 189 Å². The molecule has 1 aromatic carbocycles. The highest BCUT2D eigenvalue weighted by atomic mass is 33.1. The van der Waals surface area contributed by atoms with Crippen LogP contribution < -0.4 is 10.1 Å². The van der Waals surface area contributed by atoms with Crippen LogP contribution in [0, 0.1) is 13.8 Å². The van der Waals surface area contributed by atoms with E-state index in [1.807, 2.05) is 21.6 Å². The molecule has 0 radical (unpaired) electrons. The Morgan fingerprint density at radius 1 is 1.30 bits per heavy atom. The maximum absolute atomic E-state index is 12.7. The average molecular weight is 449 g/mol. The Balaban J connectivity index is 1.71. The molecule has 0 spiro atoms. The van der Waals surface area contributed by atoms with Crippen molar-refractivity contribution in [1.82, 2.24) is 5.32 Å². The number of esters is 1. The monoisotopic (exact) mass is 448 g/mol. The van der Waals surface area contributed by atoms with Gasteiger partial charge in [0, 0.05) is 36.0 Å². The molecule has 1 aromatic rings. The molecule has 1 N–H and O–H groups in total. The van der Waals surface area contributed by atoms with Crippen molar-refractivity contribution in [3.8, 4) is 5.75 Å². The lowest BCUT2D eigenvalue weighted by Gasteiger charge is -2.26. The van der Waals surface area contributed by atoms with Crippen molar-refractivity contribution in [2.24, 2.45) is 4.99 Å². The van der Waals surface area contributed by atoms with E-state index < -0.39 is 0 Å². The minimum absolute atomic E-state index is 0.0931. The Bertz CT molecular complexity index is 793. The number of nitrogens with one attached hydrogen (secondary N) is 1. The Hall–Kier alpha value is -1.14. The van der Waals surface area contributed by atoms with E-state index in [0.717, 1.165) is 60.3 Å². The standard InChI is InChI=1S/C24H36N2O2S2/c1-16-14-20(24(3,4)5)23(17(2)19(16)15-21-25-11-12-26-21)28-22(27)9-7-6-8-18-10-13-29-30-18/h14,18H,6-13,15H2,1-5H3,(H,25,26)/t18-/m1/s1. The SMILES string of the molecule is Cc1cc(C(C)(C)C)c(OC(=O)CCCC[C@@H]2CCSS2)c(C)c1CC1=NCCN1. The summed E-state index contributed by atoms with van der Waals surface area (Å²) >= 11 is 0. The smallest absolute Gasteiger partial charge is 0.311 e. The predicted molar refractivity (Wildman–Crippen MR) is 131 cm³/mol. The van der Waals surface area contributed by atoms with E-state index in [9.17, 15) is 4.79 Å². The molecule has 6 heteroatoms. The van der Waals surface area contributed by atoms with E-state index in [2.05, 4.69) is 51.0 Å². The maximum atomic E-state index is 12.7. The van der Waals surface area contributed by atoms with Crippen LogP contribution in [0.1, 0.15) is 75.1 Å². The van der Waals surface area contributed by atoms with Gasteiger partial charge in [0.15, 0.2) is 0 Å². The van der Waals surface area contributed by atoms with Crippen LogP contribution in [0.2, 0.25) is 0 Å². The number of rotatable bonds is 8. The summed E-state index contributed by atoms with van der Waals surface area (Å²) in [7, 11) is 3.99. The number of ether oxygens (including phenoxy) is 1. The molecule has 2 heterocycles. The van der Waals surface area contributed by atoms with Crippen LogP contribution in [-0.4, -0.2) is 35.9 Å². The van der Waals surface area contributed by atoms with Gasteiger partial charge >= 0.3 is 5.97 Å². The molecule has 166 valence electrons. The third-order valence-electron chi connectivity index (χ3n) is 5.87. The van der Waals surface area contributed by atoms with E-state index in [-0.39, 0.29) is 11.4 Å². The van der Waals surface area contributed by atoms with Crippen LogP contribution in [0.5, 0.6) is 5.75 Å². The molecule has 1 fully saturated rings. The first kappa shape index (κ1) is 23.5. The van der Waals surface area contributed by atoms with Gasteiger partial charge in [-0.15, -0.1) is 0 Å². The minimum Gasteiger partial charge on any atom is -0.426 e. The Morgan fingerprint density at radius 3 is 2.73 bits per heavy atom. The molecule has 0 aliphatic carbocycles. The van der Waals surface area contributed by atoms with E-state index >= 15 is 0 Å². The van der Waals surface area contributed by atoms with Crippen LogP contribution in [0.15, 0.2) is 11.1 Å². The molecule has 1 saturated heterocycles. The number of unbranched alkanes of at least 4 members (excludes halogenated alkanes) is 1. The van der Waals surface area contributed by atoms with Gasteiger partial charge in [-0.1, -0.05) is 54.8 Å². The molecule has 30 heavy (non-hydrogen) atoms. The summed E-state index contributed by atoms with van der Waals surface area (Å²) < 4.78 is 6.03. The van der Waals surface area contributed by atoms with Gasteiger partial charge in [-0.3, -0.25) is 9.79 Å². The van der Waals surface area contributed by atoms with E-state index in [0.29, 0.717) is 6.42 Å². The summed E-state index contributed by atoms with van der Waals surface area (Å²) in [6.45, 7) is 12.5. The van der Waals surface area contributed by atoms with Gasteiger partial charge in [0.1, 0.15) is 11.6 Å². The summed E-state index contributed by atoms with van der Waals surface area (Å²) in [5.41, 5.74) is 4.54. The molecule has 0 unspecified atom stereocenters. The van der Waals surface area contributed by atoms with Crippen molar-refractivity contribution >= 4 is 33.4 Å². The fourth-order valence-corrected chi connectivity index (χ4v) is 7.10. The van der Waals surface area contributed by atoms with Crippen molar-refractivity contribution < 1.29 is 9.53 Å². The number of nitrogens with zero attached hydrogens (tertiary/aromatic N) is 1. The zero-order valence-corrected chi connectivity index (χ0v) is 20.7. The summed E-state index contributed by atoms with van der Waals surface area (Å²) in [6.07, 6.45) is 5.78. The van der Waals surface area contributed by atoms with Gasteiger partial charge < -0.3 is 10.1 Å². The van der Waals surface area contributed by atoms with Crippen molar-refractivity contribution in [3.63, 3.8) is 0 Å². The summed E-state index contributed by atoms with van der Waals surface area (Å²) in [5, 5.41) is 4.13. The molecular weight excluding hydrogens is 412 g/mol. The lowest BCUT2D eigenvalue weighted by Crippen LogP contribution is -2.23. The largest absolute Gasteiger partial charge is 0.426 e. The molecule has 0 bridgehead atoms. The van der Waals surface area contributed by atoms with Crippen LogP contribution in [-0.2, 0) is 16.6 Å². The molecule has 4 nitrogen and oxygen atoms in total. The molecule has 0 saturated carbocycles. The third kappa shape index (κ3) is 6.19. The number of benzene rings is 1. The molecule has 3 rings (SSSR count). The van der Waals surface area contributed by atoms with Crippen LogP contribution >= 0.6 is 21.6 Å². The second-order valence-electron chi connectivity index (χ2n) is 9.40. The number of hydrogen-bond acceptors (Lipinski definition) is 6.